The van der Waals surface area contributed by atoms with Crippen molar-refractivity contribution in [1.82, 2.24) is 14.9 Å². The molecule has 0 amide bonds. The minimum absolute atomic E-state index is 0.102. The average Bonchev–Trinajstić information content (AvgIpc) is 2.46. The lowest BCUT2D eigenvalue weighted by molar-refractivity contribution is 0.0338. The Morgan fingerprint density at radius 1 is 1.64 bits per heavy atom. The number of hydrogen-bond acceptors (Lipinski definition) is 3. The first-order valence-electron chi connectivity index (χ1n) is 4.93. The highest BCUT2D eigenvalue weighted by molar-refractivity contribution is 5.18. The molecular weight excluding hydrogens is 178 g/mol. The number of hydrogen-bond donors (Lipinski definition) is 2. The van der Waals surface area contributed by atoms with Gasteiger partial charge in [0.25, 0.3) is 0 Å². The van der Waals surface area contributed by atoms with Gasteiger partial charge in [-0.15, -0.1) is 0 Å². The summed E-state index contributed by atoms with van der Waals surface area (Å²) in [6, 6.07) is 0.102. The van der Waals surface area contributed by atoms with Crippen molar-refractivity contribution in [2.45, 2.75) is 38.5 Å². The van der Waals surface area contributed by atoms with Crippen molar-refractivity contribution in [3.8, 4) is 0 Å². The van der Waals surface area contributed by atoms with Crippen LogP contribution in [0.15, 0.2) is 6.33 Å². The van der Waals surface area contributed by atoms with Crippen molar-refractivity contribution in [3.63, 3.8) is 0 Å². The van der Waals surface area contributed by atoms with Crippen LogP contribution >= 0.6 is 0 Å². The van der Waals surface area contributed by atoms with Gasteiger partial charge in [0.05, 0.1) is 23.3 Å². The lowest BCUT2D eigenvalue weighted by Gasteiger charge is -2.33. The highest BCUT2D eigenvalue weighted by Gasteiger charge is 2.31. The molecular formula is C10H17N3O. The van der Waals surface area contributed by atoms with Crippen molar-refractivity contribution in [2.75, 3.05) is 0 Å². The van der Waals surface area contributed by atoms with Crippen LogP contribution in [0.5, 0.6) is 0 Å². The second-order valence-corrected chi connectivity index (χ2v) is 4.54. The summed E-state index contributed by atoms with van der Waals surface area (Å²) in [6.07, 6.45) is 2.64. The lowest BCUT2D eigenvalue weighted by atomic mass is 9.91. The molecule has 1 atom stereocenters. The zero-order valence-corrected chi connectivity index (χ0v) is 8.91. The van der Waals surface area contributed by atoms with Gasteiger partial charge in [-0.25, -0.2) is 4.98 Å². The normalized spacial score (nSPS) is 22.1. The van der Waals surface area contributed by atoms with Crippen LogP contribution in [0.3, 0.4) is 0 Å². The molecule has 0 bridgehead atoms. The number of fused-ring (bicyclic) bond motifs is 1. The maximum absolute atomic E-state index is 9.88. The number of aryl methyl sites for hydroxylation is 1. The Morgan fingerprint density at radius 3 is 3.00 bits per heavy atom. The first-order chi connectivity index (χ1) is 6.48. The monoisotopic (exact) mass is 195 g/mol. The second kappa shape index (κ2) is 3.07. The molecule has 1 aliphatic rings. The van der Waals surface area contributed by atoms with Gasteiger partial charge in [-0.1, -0.05) is 0 Å². The van der Waals surface area contributed by atoms with Gasteiger partial charge in [0.2, 0.25) is 0 Å². The zero-order chi connectivity index (χ0) is 10.3. The smallest absolute Gasteiger partial charge is 0.0949 e. The molecule has 2 heterocycles. The Labute approximate surface area is 84.0 Å². The van der Waals surface area contributed by atoms with Crippen molar-refractivity contribution >= 4 is 0 Å². The molecule has 2 N–H and O–H groups in total. The number of nitrogens with one attached hydrogen (secondary N) is 1. The Morgan fingerprint density at radius 2 is 2.36 bits per heavy atom. The van der Waals surface area contributed by atoms with E-state index in [9.17, 15) is 5.11 Å². The molecule has 2 rings (SSSR count). The van der Waals surface area contributed by atoms with E-state index < -0.39 is 5.60 Å². The molecule has 0 saturated carbocycles. The minimum Gasteiger partial charge on any atom is -0.389 e. The molecule has 78 valence electrons. The van der Waals surface area contributed by atoms with Gasteiger partial charge in [-0.2, -0.15) is 0 Å². The van der Waals surface area contributed by atoms with Crippen LogP contribution in [0.1, 0.15) is 25.2 Å². The summed E-state index contributed by atoms with van der Waals surface area (Å²) >= 11 is 0. The minimum atomic E-state index is -0.685. The van der Waals surface area contributed by atoms with Gasteiger partial charge < -0.3 is 15.0 Å². The maximum Gasteiger partial charge on any atom is 0.0949 e. The van der Waals surface area contributed by atoms with Gasteiger partial charge in [0.15, 0.2) is 0 Å². The summed E-state index contributed by atoms with van der Waals surface area (Å²) in [4.78, 5) is 4.33. The van der Waals surface area contributed by atoms with E-state index in [0.717, 1.165) is 18.7 Å². The van der Waals surface area contributed by atoms with Gasteiger partial charge in [0.1, 0.15) is 0 Å². The molecule has 0 spiro atoms. The molecule has 1 unspecified atom stereocenters. The van der Waals surface area contributed by atoms with Crippen molar-refractivity contribution in [1.29, 1.82) is 0 Å². The molecule has 1 aromatic rings. The summed E-state index contributed by atoms with van der Waals surface area (Å²) in [7, 11) is 2.00. The topological polar surface area (TPSA) is 50.1 Å². The van der Waals surface area contributed by atoms with Crippen molar-refractivity contribution < 1.29 is 5.11 Å². The maximum atomic E-state index is 9.88. The Bertz CT molecular complexity index is 338. The first kappa shape index (κ1) is 9.68. The first-order valence-corrected chi connectivity index (χ1v) is 4.93. The lowest BCUT2D eigenvalue weighted by Crippen LogP contribution is -2.50. The summed E-state index contributed by atoms with van der Waals surface area (Å²) in [5.41, 5.74) is 1.65. The fourth-order valence-corrected chi connectivity index (χ4v) is 1.89. The molecule has 0 fully saturated rings. The molecule has 0 aromatic carbocycles. The van der Waals surface area contributed by atoms with Gasteiger partial charge in [-0.05, 0) is 13.8 Å². The number of aliphatic hydroxyl groups is 1. The Balaban J connectivity index is 2.22. The Kier molecular flexibility index (Phi) is 2.12. The van der Waals surface area contributed by atoms with Gasteiger partial charge in [0, 0.05) is 26.1 Å². The third-order valence-corrected chi connectivity index (χ3v) is 2.91. The largest absolute Gasteiger partial charge is 0.389 e. The fraction of sp³-hybridized carbons (Fsp3) is 0.700. The van der Waals surface area contributed by atoms with E-state index in [4.69, 9.17) is 0 Å². The highest BCUT2D eigenvalue weighted by Crippen LogP contribution is 2.20. The van der Waals surface area contributed by atoms with Crippen LogP contribution in [-0.4, -0.2) is 26.3 Å². The average molecular weight is 195 g/mol. The van der Waals surface area contributed by atoms with Crippen molar-refractivity contribution in [2.24, 2.45) is 7.05 Å². The predicted molar refractivity (Wildman–Crippen MR) is 53.8 cm³/mol. The molecule has 14 heavy (non-hydrogen) atoms. The summed E-state index contributed by atoms with van der Waals surface area (Å²) in [6.45, 7) is 4.46. The van der Waals surface area contributed by atoms with Crippen LogP contribution < -0.4 is 5.32 Å². The van der Waals surface area contributed by atoms with Gasteiger partial charge in [-0.3, -0.25) is 0 Å². The third-order valence-electron chi connectivity index (χ3n) is 2.91. The Hall–Kier alpha value is -0.870. The number of imidazole rings is 1. The van der Waals surface area contributed by atoms with Crippen LogP contribution in [0.2, 0.25) is 0 Å². The van der Waals surface area contributed by atoms with E-state index in [1.54, 1.807) is 0 Å². The van der Waals surface area contributed by atoms with Crippen LogP contribution in [0, 0.1) is 0 Å². The molecule has 0 radical (unpaired) electrons. The van der Waals surface area contributed by atoms with Crippen LogP contribution in [0.25, 0.3) is 0 Å². The highest BCUT2D eigenvalue weighted by atomic mass is 16.3. The third kappa shape index (κ3) is 1.55. The van der Waals surface area contributed by atoms with Crippen LogP contribution in [0.4, 0.5) is 0 Å². The van der Waals surface area contributed by atoms with E-state index in [2.05, 4.69) is 10.3 Å². The summed E-state index contributed by atoms with van der Waals surface area (Å²) < 4.78 is 2.03. The zero-order valence-electron chi connectivity index (χ0n) is 8.91. The van der Waals surface area contributed by atoms with Gasteiger partial charge >= 0.3 is 0 Å². The van der Waals surface area contributed by atoms with E-state index in [0.29, 0.717) is 0 Å². The quantitative estimate of drug-likeness (QED) is 0.673. The van der Waals surface area contributed by atoms with Crippen LogP contribution in [-0.2, 0) is 20.0 Å². The molecule has 4 nitrogen and oxygen atoms in total. The van der Waals surface area contributed by atoms with E-state index >= 15 is 0 Å². The van der Waals surface area contributed by atoms with E-state index in [1.807, 2.05) is 31.8 Å². The number of nitrogens with zero attached hydrogens (tertiary/aromatic N) is 2. The molecule has 1 aromatic heterocycles. The second-order valence-electron chi connectivity index (χ2n) is 4.54. The van der Waals surface area contributed by atoms with Crippen molar-refractivity contribution in [3.05, 3.63) is 17.7 Å². The number of aromatic nitrogens is 2. The standard InChI is InChI=1S/C10H17N3O/c1-10(2,14)9-4-7-8(5-11-9)13(3)6-12-7/h6,9,11,14H,4-5H2,1-3H3. The van der Waals surface area contributed by atoms with E-state index in [1.165, 1.54) is 5.69 Å². The number of rotatable bonds is 1. The fourth-order valence-electron chi connectivity index (χ4n) is 1.89. The summed E-state index contributed by atoms with van der Waals surface area (Å²) in [5.74, 6) is 0. The SMILES string of the molecule is Cn1cnc2c1CNC(C(C)(C)O)C2. The summed E-state index contributed by atoms with van der Waals surface area (Å²) in [5, 5.41) is 13.2. The predicted octanol–water partition coefficient (Wildman–Crippen LogP) is 0.205. The molecule has 4 heteroatoms. The molecule has 0 saturated heterocycles. The molecule has 0 aliphatic carbocycles. The van der Waals surface area contributed by atoms with E-state index in [-0.39, 0.29) is 6.04 Å². The molecule has 1 aliphatic heterocycles.